The molecule has 6 nitrogen and oxygen atoms in total. The third kappa shape index (κ3) is 6.32. The summed E-state index contributed by atoms with van der Waals surface area (Å²) in [6.45, 7) is 4.97. The van der Waals surface area contributed by atoms with Gasteiger partial charge in [0.1, 0.15) is 0 Å². The first kappa shape index (κ1) is 20.9. The van der Waals surface area contributed by atoms with Crippen molar-refractivity contribution in [2.45, 2.75) is 39.2 Å². The summed E-state index contributed by atoms with van der Waals surface area (Å²) in [5.41, 5.74) is 10.1. The van der Waals surface area contributed by atoms with Crippen LogP contribution in [0.15, 0.2) is 53.7 Å². The van der Waals surface area contributed by atoms with E-state index in [0.29, 0.717) is 0 Å². The lowest BCUT2D eigenvalue weighted by molar-refractivity contribution is -0.120. The van der Waals surface area contributed by atoms with Crippen LogP contribution in [0.25, 0.3) is 0 Å². The van der Waals surface area contributed by atoms with Gasteiger partial charge in [0.25, 0.3) is 5.91 Å². The van der Waals surface area contributed by atoms with Crippen LogP contribution in [0.4, 0.5) is 5.69 Å². The number of carbonyl (C=O) groups excluding carboxylic acids is 1. The lowest BCUT2D eigenvalue weighted by Crippen LogP contribution is -2.30. The summed E-state index contributed by atoms with van der Waals surface area (Å²) < 4.78 is 0. The highest BCUT2D eigenvalue weighted by atomic mass is 16.6. The minimum atomic E-state index is -0.271. The van der Waals surface area contributed by atoms with Crippen molar-refractivity contribution in [2.75, 3.05) is 25.0 Å². The highest BCUT2D eigenvalue weighted by Crippen LogP contribution is 2.16. The molecule has 1 heterocycles. The fourth-order valence-corrected chi connectivity index (χ4v) is 3.50. The number of nitrogens with two attached hydrogens (primary N) is 1. The molecule has 3 N–H and O–H groups in total. The van der Waals surface area contributed by atoms with Crippen molar-refractivity contribution in [1.82, 2.24) is 4.90 Å². The predicted molar refractivity (Wildman–Crippen MR) is 117 cm³/mol. The SMILES string of the molecule is CCc1ccc(NC(=O)CO/N=C(/N)c2ccccc2CN2CCCCC2)cc1. The quantitative estimate of drug-likeness (QED) is 0.408. The largest absolute Gasteiger partial charge is 0.384 e. The average molecular weight is 395 g/mol. The molecule has 3 rings (SSSR count). The standard InChI is InChI=1S/C23H30N4O2/c1-2-18-10-12-20(13-11-18)25-22(28)17-29-26-23(24)21-9-5-4-8-19(21)16-27-14-6-3-7-15-27/h4-5,8-13H,2-3,6-7,14-17H2,1H3,(H2,24,26)(H,25,28). The summed E-state index contributed by atoms with van der Waals surface area (Å²) in [6, 6.07) is 15.7. The third-order valence-corrected chi connectivity index (χ3v) is 5.14. The molecule has 29 heavy (non-hydrogen) atoms. The Morgan fingerprint density at radius 3 is 2.55 bits per heavy atom. The van der Waals surface area contributed by atoms with E-state index in [1.807, 2.05) is 42.5 Å². The normalized spacial score (nSPS) is 15.1. The van der Waals surface area contributed by atoms with E-state index in [4.69, 9.17) is 10.6 Å². The van der Waals surface area contributed by atoms with E-state index in [2.05, 4.69) is 28.4 Å². The van der Waals surface area contributed by atoms with Gasteiger partial charge in [-0.3, -0.25) is 9.69 Å². The Kier molecular flexibility index (Phi) is 7.64. The molecule has 1 fully saturated rings. The van der Waals surface area contributed by atoms with Crippen LogP contribution in [0, 0.1) is 0 Å². The van der Waals surface area contributed by atoms with Crippen molar-refractivity contribution in [3.63, 3.8) is 0 Å². The van der Waals surface area contributed by atoms with Gasteiger partial charge in [0.05, 0.1) is 0 Å². The van der Waals surface area contributed by atoms with Crippen LogP contribution in [0.5, 0.6) is 0 Å². The minimum Gasteiger partial charge on any atom is -0.384 e. The van der Waals surface area contributed by atoms with Gasteiger partial charge in [0.15, 0.2) is 12.4 Å². The van der Waals surface area contributed by atoms with Crippen LogP contribution >= 0.6 is 0 Å². The molecule has 0 radical (unpaired) electrons. The minimum absolute atomic E-state index is 0.190. The lowest BCUT2D eigenvalue weighted by Gasteiger charge is -2.27. The third-order valence-electron chi connectivity index (χ3n) is 5.14. The number of aryl methyl sites for hydroxylation is 1. The smallest absolute Gasteiger partial charge is 0.265 e. The zero-order valence-corrected chi connectivity index (χ0v) is 17.1. The molecule has 1 amide bonds. The summed E-state index contributed by atoms with van der Waals surface area (Å²) >= 11 is 0. The molecule has 2 aromatic carbocycles. The second-order valence-electron chi connectivity index (χ2n) is 7.34. The monoisotopic (exact) mass is 394 g/mol. The molecule has 0 aliphatic carbocycles. The Morgan fingerprint density at radius 2 is 1.83 bits per heavy atom. The van der Waals surface area contributed by atoms with Gasteiger partial charge in [-0.25, -0.2) is 0 Å². The second kappa shape index (κ2) is 10.6. The van der Waals surface area contributed by atoms with Gasteiger partial charge in [0, 0.05) is 17.8 Å². The fraction of sp³-hybridized carbons (Fsp3) is 0.391. The Morgan fingerprint density at radius 1 is 1.10 bits per heavy atom. The van der Waals surface area contributed by atoms with Crippen molar-refractivity contribution < 1.29 is 9.63 Å². The zero-order valence-electron chi connectivity index (χ0n) is 17.1. The van der Waals surface area contributed by atoms with E-state index in [1.165, 1.54) is 24.8 Å². The van der Waals surface area contributed by atoms with E-state index in [9.17, 15) is 4.79 Å². The number of piperidine rings is 1. The Bertz CT molecular complexity index is 827. The summed E-state index contributed by atoms with van der Waals surface area (Å²) in [7, 11) is 0. The van der Waals surface area contributed by atoms with Gasteiger partial charge in [-0.1, -0.05) is 54.9 Å². The Hall–Kier alpha value is -2.86. The molecular weight excluding hydrogens is 364 g/mol. The molecule has 6 heteroatoms. The van der Waals surface area contributed by atoms with Crippen molar-refractivity contribution >= 4 is 17.4 Å². The molecule has 2 aromatic rings. The first-order valence-corrected chi connectivity index (χ1v) is 10.3. The number of nitrogens with one attached hydrogen (secondary N) is 1. The van der Waals surface area contributed by atoms with Crippen LogP contribution in [0.1, 0.15) is 42.9 Å². The number of hydrogen-bond acceptors (Lipinski definition) is 4. The van der Waals surface area contributed by atoms with E-state index in [1.54, 1.807) is 0 Å². The number of oxime groups is 1. The first-order valence-electron chi connectivity index (χ1n) is 10.3. The molecule has 1 aliphatic rings. The molecule has 0 spiro atoms. The summed E-state index contributed by atoms with van der Waals surface area (Å²) in [5, 5.41) is 6.76. The maximum absolute atomic E-state index is 12.1. The van der Waals surface area contributed by atoms with Gasteiger partial charge in [-0.15, -0.1) is 0 Å². The molecule has 1 aliphatic heterocycles. The van der Waals surface area contributed by atoms with E-state index >= 15 is 0 Å². The van der Waals surface area contributed by atoms with Gasteiger partial charge in [0.2, 0.25) is 0 Å². The number of hydrogen-bond donors (Lipinski definition) is 2. The maximum Gasteiger partial charge on any atom is 0.265 e. The van der Waals surface area contributed by atoms with Crippen LogP contribution in [-0.4, -0.2) is 36.3 Å². The van der Waals surface area contributed by atoms with Crippen molar-refractivity contribution in [2.24, 2.45) is 10.9 Å². The lowest BCUT2D eigenvalue weighted by atomic mass is 10.0. The summed E-state index contributed by atoms with van der Waals surface area (Å²) in [5.74, 6) is 0.0186. The van der Waals surface area contributed by atoms with Gasteiger partial charge < -0.3 is 15.9 Å². The average Bonchev–Trinajstić information content (AvgIpc) is 2.75. The number of anilines is 1. The van der Waals surface area contributed by atoms with E-state index < -0.39 is 0 Å². The van der Waals surface area contributed by atoms with Crippen molar-refractivity contribution in [3.05, 3.63) is 65.2 Å². The predicted octanol–water partition coefficient (Wildman–Crippen LogP) is 3.51. The molecule has 0 saturated carbocycles. The highest BCUT2D eigenvalue weighted by Gasteiger charge is 2.14. The number of nitrogens with zero attached hydrogens (tertiary/aromatic N) is 2. The second-order valence-corrected chi connectivity index (χ2v) is 7.34. The number of carbonyl (C=O) groups is 1. The number of amidine groups is 1. The molecule has 0 unspecified atom stereocenters. The van der Waals surface area contributed by atoms with Crippen LogP contribution in [0.3, 0.4) is 0 Å². The summed E-state index contributed by atoms with van der Waals surface area (Å²) in [4.78, 5) is 19.7. The fourth-order valence-electron chi connectivity index (χ4n) is 3.50. The zero-order chi connectivity index (χ0) is 20.5. The number of likely N-dealkylation sites (tertiary alicyclic amines) is 1. The van der Waals surface area contributed by atoms with Crippen molar-refractivity contribution in [1.29, 1.82) is 0 Å². The Balaban J connectivity index is 1.54. The number of rotatable bonds is 8. The topological polar surface area (TPSA) is 79.9 Å². The van der Waals surface area contributed by atoms with Crippen LogP contribution in [0.2, 0.25) is 0 Å². The van der Waals surface area contributed by atoms with Crippen molar-refractivity contribution in [3.8, 4) is 0 Å². The van der Waals surface area contributed by atoms with Gasteiger partial charge >= 0.3 is 0 Å². The molecule has 1 saturated heterocycles. The molecular formula is C23H30N4O2. The van der Waals surface area contributed by atoms with E-state index in [0.717, 1.165) is 42.9 Å². The number of benzene rings is 2. The van der Waals surface area contributed by atoms with Gasteiger partial charge in [-0.2, -0.15) is 0 Å². The van der Waals surface area contributed by atoms with Crippen LogP contribution < -0.4 is 11.1 Å². The maximum atomic E-state index is 12.1. The highest BCUT2D eigenvalue weighted by molar-refractivity contribution is 5.98. The molecule has 0 bridgehead atoms. The van der Waals surface area contributed by atoms with E-state index in [-0.39, 0.29) is 18.3 Å². The molecule has 0 atom stereocenters. The molecule has 0 aromatic heterocycles. The first-order chi connectivity index (χ1) is 14.2. The number of amides is 1. The van der Waals surface area contributed by atoms with Crippen LogP contribution in [-0.2, 0) is 22.6 Å². The van der Waals surface area contributed by atoms with Gasteiger partial charge in [-0.05, 0) is 55.6 Å². The molecule has 154 valence electrons. The Labute approximate surface area is 172 Å². The summed E-state index contributed by atoms with van der Waals surface area (Å²) in [6.07, 6.45) is 4.75.